The zero-order chi connectivity index (χ0) is 15.6. The third-order valence-electron chi connectivity index (χ3n) is 2.84. The number of fused-ring (bicyclic) bond motifs is 1. The van der Waals surface area contributed by atoms with E-state index >= 15 is 0 Å². The van der Waals surface area contributed by atoms with Gasteiger partial charge >= 0.3 is 12.1 Å². The monoisotopic (exact) mass is 300 g/mol. The van der Waals surface area contributed by atoms with Crippen LogP contribution in [0.2, 0.25) is 0 Å². The molecule has 112 valence electrons. The lowest BCUT2D eigenvalue weighted by molar-refractivity contribution is -0.141. The molecule has 0 aliphatic rings. The average Bonchev–Trinajstić information content (AvgIpc) is 2.39. The normalized spacial score (nSPS) is 11.8. The number of carboxylic acids is 1. The van der Waals surface area contributed by atoms with E-state index in [1.54, 1.807) is 6.07 Å². The molecular formula is C13H11F3N2O3. The number of halogens is 3. The second kappa shape index (κ2) is 5.55. The van der Waals surface area contributed by atoms with E-state index in [0.717, 1.165) is 0 Å². The first kappa shape index (κ1) is 15.0. The number of aliphatic carboxylic acids is 1. The van der Waals surface area contributed by atoms with E-state index in [2.05, 4.69) is 4.98 Å². The first-order valence-electron chi connectivity index (χ1n) is 6.05. The van der Waals surface area contributed by atoms with Gasteiger partial charge in [0.15, 0.2) is 0 Å². The number of carboxylic acid groups (broad SMARTS) is 1. The van der Waals surface area contributed by atoms with Crippen molar-refractivity contribution >= 4 is 16.9 Å². The van der Waals surface area contributed by atoms with Gasteiger partial charge in [0.25, 0.3) is 5.56 Å². The molecule has 0 atom stereocenters. The molecule has 0 bridgehead atoms. The van der Waals surface area contributed by atoms with Crippen molar-refractivity contribution in [2.24, 2.45) is 0 Å². The van der Waals surface area contributed by atoms with Crippen molar-refractivity contribution in [3.05, 3.63) is 40.4 Å². The number of para-hydroxylation sites is 1. The molecule has 0 amide bonds. The van der Waals surface area contributed by atoms with Crippen LogP contribution < -0.4 is 5.56 Å². The quantitative estimate of drug-likeness (QED) is 0.937. The Kier molecular flexibility index (Phi) is 3.97. The van der Waals surface area contributed by atoms with E-state index in [1.165, 1.54) is 18.2 Å². The first-order valence-corrected chi connectivity index (χ1v) is 6.05. The smallest absolute Gasteiger partial charge is 0.406 e. The number of hydrogen-bond acceptors (Lipinski definition) is 3. The number of hydrogen-bond donors (Lipinski definition) is 1. The maximum atomic E-state index is 12.6. The van der Waals surface area contributed by atoms with E-state index in [4.69, 9.17) is 5.11 Å². The zero-order valence-electron chi connectivity index (χ0n) is 10.7. The van der Waals surface area contributed by atoms with Gasteiger partial charge in [-0.15, -0.1) is 0 Å². The standard InChI is InChI=1S/C13H11F3N2O3/c14-13(15,16)7-18-10(5-6-11(19)20)17-9-4-2-1-3-8(9)12(18)21/h1-4H,5-7H2,(H,19,20). The number of carbonyl (C=O) groups is 1. The molecule has 2 rings (SSSR count). The predicted octanol–water partition coefficient (Wildman–Crippen LogP) is 1.98. The van der Waals surface area contributed by atoms with Gasteiger partial charge in [-0.25, -0.2) is 4.98 Å². The minimum absolute atomic E-state index is 0.0702. The average molecular weight is 300 g/mol. The van der Waals surface area contributed by atoms with Crippen molar-refractivity contribution in [1.29, 1.82) is 0 Å². The number of alkyl halides is 3. The van der Waals surface area contributed by atoms with Crippen LogP contribution in [0.25, 0.3) is 10.9 Å². The van der Waals surface area contributed by atoms with Crippen molar-refractivity contribution in [1.82, 2.24) is 9.55 Å². The molecule has 1 aromatic heterocycles. The lowest BCUT2D eigenvalue weighted by Gasteiger charge is -2.14. The fourth-order valence-corrected chi connectivity index (χ4v) is 1.97. The van der Waals surface area contributed by atoms with Crippen LogP contribution in [0.15, 0.2) is 29.1 Å². The van der Waals surface area contributed by atoms with Crippen molar-refractivity contribution in [3.63, 3.8) is 0 Å². The Labute approximate surface area is 116 Å². The topological polar surface area (TPSA) is 72.2 Å². The summed E-state index contributed by atoms with van der Waals surface area (Å²) in [6.45, 7) is -1.49. The molecule has 0 saturated heterocycles. The van der Waals surface area contributed by atoms with Gasteiger partial charge < -0.3 is 5.11 Å². The molecule has 1 aromatic carbocycles. The van der Waals surface area contributed by atoms with E-state index in [-0.39, 0.29) is 23.1 Å². The van der Waals surface area contributed by atoms with Crippen LogP contribution in [0.1, 0.15) is 12.2 Å². The second-order valence-electron chi connectivity index (χ2n) is 4.45. The Balaban J connectivity index is 2.59. The van der Waals surface area contributed by atoms with Gasteiger partial charge in [0, 0.05) is 6.42 Å². The number of aromatic nitrogens is 2. The molecule has 0 saturated carbocycles. The molecule has 1 N–H and O–H groups in total. The second-order valence-corrected chi connectivity index (χ2v) is 4.45. The number of rotatable bonds is 4. The summed E-state index contributed by atoms with van der Waals surface area (Å²) in [6.07, 6.45) is -5.24. The molecule has 2 aromatic rings. The lowest BCUT2D eigenvalue weighted by Crippen LogP contribution is -2.32. The molecule has 1 heterocycles. The lowest BCUT2D eigenvalue weighted by atomic mass is 10.2. The van der Waals surface area contributed by atoms with Gasteiger partial charge in [0.1, 0.15) is 12.4 Å². The molecule has 8 heteroatoms. The van der Waals surface area contributed by atoms with E-state index in [1.807, 2.05) is 0 Å². The molecule has 21 heavy (non-hydrogen) atoms. The van der Waals surface area contributed by atoms with Crippen molar-refractivity contribution < 1.29 is 23.1 Å². The maximum absolute atomic E-state index is 12.6. The highest BCUT2D eigenvalue weighted by atomic mass is 19.4. The summed E-state index contributed by atoms with van der Waals surface area (Å²) in [5.74, 6) is -1.35. The van der Waals surface area contributed by atoms with Crippen LogP contribution in [0.3, 0.4) is 0 Å². The molecule has 0 aliphatic heterocycles. The van der Waals surface area contributed by atoms with Crippen LogP contribution in [0.4, 0.5) is 13.2 Å². The molecular weight excluding hydrogens is 289 g/mol. The third-order valence-corrected chi connectivity index (χ3v) is 2.84. The highest BCUT2D eigenvalue weighted by Crippen LogP contribution is 2.19. The largest absolute Gasteiger partial charge is 0.481 e. The van der Waals surface area contributed by atoms with Crippen molar-refractivity contribution in [3.8, 4) is 0 Å². The van der Waals surface area contributed by atoms with Gasteiger partial charge in [-0.2, -0.15) is 13.2 Å². The number of aryl methyl sites for hydroxylation is 1. The van der Waals surface area contributed by atoms with E-state index in [9.17, 15) is 22.8 Å². The Hall–Kier alpha value is -2.38. The summed E-state index contributed by atoms with van der Waals surface area (Å²) < 4.78 is 38.3. The van der Waals surface area contributed by atoms with Gasteiger partial charge in [0.2, 0.25) is 0 Å². The fraction of sp³-hybridized carbons (Fsp3) is 0.308. The molecule has 0 unspecified atom stereocenters. The van der Waals surface area contributed by atoms with Crippen LogP contribution in [-0.4, -0.2) is 26.8 Å². The van der Waals surface area contributed by atoms with Crippen LogP contribution in [0.5, 0.6) is 0 Å². The first-order chi connectivity index (χ1) is 9.78. The number of nitrogens with zero attached hydrogens (tertiary/aromatic N) is 2. The summed E-state index contributed by atoms with van der Waals surface area (Å²) in [7, 11) is 0. The summed E-state index contributed by atoms with van der Waals surface area (Å²) in [4.78, 5) is 26.7. The molecule has 0 spiro atoms. The van der Waals surface area contributed by atoms with Gasteiger partial charge in [-0.1, -0.05) is 12.1 Å². The Morgan fingerprint density at radius 1 is 1.29 bits per heavy atom. The van der Waals surface area contributed by atoms with Gasteiger partial charge in [0.05, 0.1) is 17.3 Å². The minimum atomic E-state index is -4.59. The molecule has 5 nitrogen and oxygen atoms in total. The summed E-state index contributed by atoms with van der Waals surface area (Å²) >= 11 is 0. The maximum Gasteiger partial charge on any atom is 0.406 e. The highest BCUT2D eigenvalue weighted by Gasteiger charge is 2.30. The van der Waals surface area contributed by atoms with Crippen LogP contribution >= 0.6 is 0 Å². The Morgan fingerprint density at radius 3 is 2.57 bits per heavy atom. The predicted molar refractivity (Wildman–Crippen MR) is 68.0 cm³/mol. The Bertz CT molecular complexity index is 737. The fourth-order valence-electron chi connectivity index (χ4n) is 1.97. The van der Waals surface area contributed by atoms with Crippen molar-refractivity contribution in [2.75, 3.05) is 0 Å². The van der Waals surface area contributed by atoms with Gasteiger partial charge in [-0.3, -0.25) is 14.2 Å². The summed E-state index contributed by atoms with van der Waals surface area (Å²) in [5, 5.41) is 8.71. The van der Waals surface area contributed by atoms with E-state index < -0.39 is 30.7 Å². The third kappa shape index (κ3) is 3.59. The molecule has 0 radical (unpaired) electrons. The van der Waals surface area contributed by atoms with E-state index in [0.29, 0.717) is 4.57 Å². The summed E-state index contributed by atoms with van der Waals surface area (Å²) in [6, 6.07) is 6.02. The SMILES string of the molecule is O=C(O)CCc1nc2ccccc2c(=O)n1CC(F)(F)F. The minimum Gasteiger partial charge on any atom is -0.481 e. The summed E-state index contributed by atoms with van der Waals surface area (Å²) in [5.41, 5.74) is -0.570. The van der Waals surface area contributed by atoms with Crippen molar-refractivity contribution in [2.45, 2.75) is 25.6 Å². The number of benzene rings is 1. The van der Waals surface area contributed by atoms with Crippen LogP contribution in [-0.2, 0) is 17.8 Å². The molecule has 0 aliphatic carbocycles. The highest BCUT2D eigenvalue weighted by molar-refractivity contribution is 5.77. The Morgan fingerprint density at radius 2 is 1.95 bits per heavy atom. The zero-order valence-corrected chi connectivity index (χ0v) is 10.7. The molecule has 0 fully saturated rings. The van der Waals surface area contributed by atoms with Crippen LogP contribution in [0, 0.1) is 0 Å². The van der Waals surface area contributed by atoms with Gasteiger partial charge in [-0.05, 0) is 12.1 Å².